The monoisotopic (exact) mass is 347 g/mol. The number of amides is 1. The smallest absolute Gasteiger partial charge is 0.227 e. The van der Waals surface area contributed by atoms with Crippen molar-refractivity contribution < 1.29 is 4.79 Å². The second-order valence-electron chi connectivity index (χ2n) is 5.33. The number of nitrogens with zero attached hydrogens (tertiary/aromatic N) is 3. The van der Waals surface area contributed by atoms with Crippen LogP contribution in [0.1, 0.15) is 24.8 Å². The van der Waals surface area contributed by atoms with Gasteiger partial charge in [0.15, 0.2) is 0 Å². The van der Waals surface area contributed by atoms with Gasteiger partial charge in [-0.1, -0.05) is 22.0 Å². The number of carbonyl (C=O) groups excluding carboxylic acids is 1. The third kappa shape index (κ3) is 3.35. The molecule has 21 heavy (non-hydrogen) atoms. The molecule has 0 saturated heterocycles. The summed E-state index contributed by atoms with van der Waals surface area (Å²) in [5, 5.41) is 0. The Balaban J connectivity index is 1.64. The number of imidazole rings is 1. The van der Waals surface area contributed by atoms with E-state index in [1.54, 1.807) is 12.5 Å². The Labute approximate surface area is 132 Å². The van der Waals surface area contributed by atoms with Crippen LogP contribution in [0.2, 0.25) is 0 Å². The summed E-state index contributed by atoms with van der Waals surface area (Å²) in [4.78, 5) is 18.4. The minimum Gasteiger partial charge on any atom is -0.337 e. The van der Waals surface area contributed by atoms with Crippen molar-refractivity contribution in [1.29, 1.82) is 0 Å². The standard InChI is InChI=1S/C16H18BrN3O/c17-14-6-5-13-3-1-9-20(15(13)11-14)16(21)4-2-8-19-10-7-18-12-19/h5-7,10-12H,1-4,8-9H2. The molecule has 4 nitrogen and oxygen atoms in total. The second kappa shape index (κ2) is 6.43. The van der Waals surface area contributed by atoms with Crippen molar-refractivity contribution in [3.05, 3.63) is 47.0 Å². The predicted octanol–water partition coefficient (Wildman–Crippen LogP) is 3.41. The van der Waals surface area contributed by atoms with Crippen molar-refractivity contribution in [1.82, 2.24) is 9.55 Å². The van der Waals surface area contributed by atoms with Crippen LogP contribution in [-0.4, -0.2) is 22.0 Å². The molecule has 0 spiro atoms. The maximum Gasteiger partial charge on any atom is 0.227 e. The first kappa shape index (κ1) is 14.3. The zero-order valence-corrected chi connectivity index (χ0v) is 13.4. The fourth-order valence-corrected chi connectivity index (χ4v) is 3.12. The Hall–Kier alpha value is -1.62. The molecule has 0 saturated carbocycles. The zero-order valence-electron chi connectivity index (χ0n) is 11.8. The van der Waals surface area contributed by atoms with Crippen molar-refractivity contribution in [2.24, 2.45) is 0 Å². The van der Waals surface area contributed by atoms with E-state index in [-0.39, 0.29) is 5.91 Å². The highest BCUT2D eigenvalue weighted by Crippen LogP contribution is 2.30. The van der Waals surface area contributed by atoms with Crippen LogP contribution < -0.4 is 4.90 Å². The SMILES string of the molecule is O=C(CCCn1ccnc1)N1CCCc2ccc(Br)cc21. The Morgan fingerprint density at radius 3 is 3.10 bits per heavy atom. The minimum atomic E-state index is 0.217. The van der Waals surface area contributed by atoms with Crippen LogP contribution in [-0.2, 0) is 17.8 Å². The minimum absolute atomic E-state index is 0.217. The Kier molecular flexibility index (Phi) is 4.39. The van der Waals surface area contributed by atoms with Gasteiger partial charge in [-0.2, -0.15) is 0 Å². The zero-order chi connectivity index (χ0) is 14.7. The van der Waals surface area contributed by atoms with Gasteiger partial charge in [-0.25, -0.2) is 4.98 Å². The molecule has 2 heterocycles. The summed E-state index contributed by atoms with van der Waals surface area (Å²) in [5.41, 5.74) is 2.34. The van der Waals surface area contributed by atoms with E-state index in [1.807, 2.05) is 21.7 Å². The van der Waals surface area contributed by atoms with Crippen LogP contribution in [0, 0.1) is 0 Å². The van der Waals surface area contributed by atoms with Crippen LogP contribution in [0.25, 0.3) is 0 Å². The van der Waals surface area contributed by atoms with E-state index in [1.165, 1.54) is 5.56 Å². The Morgan fingerprint density at radius 2 is 2.29 bits per heavy atom. The molecule has 2 aromatic rings. The third-order valence-corrected chi connectivity index (χ3v) is 4.33. The number of carbonyl (C=O) groups is 1. The lowest BCUT2D eigenvalue weighted by atomic mass is 10.0. The van der Waals surface area contributed by atoms with E-state index in [0.29, 0.717) is 6.42 Å². The number of anilines is 1. The third-order valence-electron chi connectivity index (χ3n) is 3.83. The van der Waals surface area contributed by atoms with Gasteiger partial charge < -0.3 is 9.47 Å². The van der Waals surface area contributed by atoms with Crippen molar-refractivity contribution in [3.8, 4) is 0 Å². The molecule has 0 unspecified atom stereocenters. The molecule has 1 amide bonds. The Bertz CT molecular complexity index is 624. The van der Waals surface area contributed by atoms with E-state index < -0.39 is 0 Å². The molecule has 0 fully saturated rings. The van der Waals surface area contributed by atoms with Crippen LogP contribution >= 0.6 is 15.9 Å². The lowest BCUT2D eigenvalue weighted by Crippen LogP contribution is -2.35. The first-order valence-electron chi connectivity index (χ1n) is 7.28. The molecule has 110 valence electrons. The fraction of sp³-hybridized carbons (Fsp3) is 0.375. The second-order valence-corrected chi connectivity index (χ2v) is 6.24. The highest BCUT2D eigenvalue weighted by molar-refractivity contribution is 9.10. The van der Waals surface area contributed by atoms with Crippen molar-refractivity contribution >= 4 is 27.5 Å². The fourth-order valence-electron chi connectivity index (χ4n) is 2.77. The van der Waals surface area contributed by atoms with Crippen molar-refractivity contribution in [2.75, 3.05) is 11.4 Å². The molecule has 0 radical (unpaired) electrons. The summed E-state index contributed by atoms with van der Waals surface area (Å²) in [6, 6.07) is 6.22. The number of benzene rings is 1. The predicted molar refractivity (Wildman–Crippen MR) is 86.3 cm³/mol. The average Bonchev–Trinajstić information content (AvgIpc) is 2.99. The number of aromatic nitrogens is 2. The number of rotatable bonds is 4. The molecule has 0 N–H and O–H groups in total. The van der Waals surface area contributed by atoms with Gasteiger partial charge in [0.2, 0.25) is 5.91 Å². The van der Waals surface area contributed by atoms with Gasteiger partial charge in [0.25, 0.3) is 0 Å². The van der Waals surface area contributed by atoms with Crippen molar-refractivity contribution in [3.63, 3.8) is 0 Å². The molecule has 3 rings (SSSR count). The van der Waals surface area contributed by atoms with Crippen LogP contribution in [0.3, 0.4) is 0 Å². The van der Waals surface area contributed by atoms with E-state index >= 15 is 0 Å². The topological polar surface area (TPSA) is 38.1 Å². The lowest BCUT2D eigenvalue weighted by Gasteiger charge is -2.29. The first-order chi connectivity index (χ1) is 10.2. The van der Waals surface area contributed by atoms with Gasteiger partial charge in [-0.05, 0) is 37.0 Å². The maximum absolute atomic E-state index is 12.5. The molecule has 1 aliphatic heterocycles. The molecule has 5 heteroatoms. The number of hydrogen-bond donors (Lipinski definition) is 0. The Morgan fingerprint density at radius 1 is 1.38 bits per heavy atom. The highest BCUT2D eigenvalue weighted by atomic mass is 79.9. The van der Waals surface area contributed by atoms with Crippen LogP contribution in [0.5, 0.6) is 0 Å². The van der Waals surface area contributed by atoms with Crippen LogP contribution in [0.4, 0.5) is 5.69 Å². The summed E-state index contributed by atoms with van der Waals surface area (Å²) in [6.07, 6.45) is 9.00. The van der Waals surface area contributed by atoms with Gasteiger partial charge in [-0.3, -0.25) is 4.79 Å². The number of halogens is 1. The molecule has 0 atom stereocenters. The quantitative estimate of drug-likeness (QED) is 0.849. The number of hydrogen-bond acceptors (Lipinski definition) is 2. The molecule has 1 aliphatic rings. The van der Waals surface area contributed by atoms with E-state index in [2.05, 4.69) is 33.0 Å². The molecular formula is C16H18BrN3O. The van der Waals surface area contributed by atoms with Gasteiger partial charge in [0, 0.05) is 42.1 Å². The van der Waals surface area contributed by atoms with E-state index in [0.717, 1.165) is 42.5 Å². The summed E-state index contributed by atoms with van der Waals surface area (Å²) in [5.74, 6) is 0.217. The number of fused-ring (bicyclic) bond motifs is 1. The normalized spacial score (nSPS) is 14.0. The summed E-state index contributed by atoms with van der Waals surface area (Å²) in [7, 11) is 0. The van der Waals surface area contributed by atoms with Gasteiger partial charge >= 0.3 is 0 Å². The van der Waals surface area contributed by atoms with E-state index in [9.17, 15) is 4.79 Å². The molecule has 0 aliphatic carbocycles. The lowest BCUT2D eigenvalue weighted by molar-refractivity contribution is -0.118. The van der Waals surface area contributed by atoms with Gasteiger partial charge in [-0.15, -0.1) is 0 Å². The first-order valence-corrected chi connectivity index (χ1v) is 8.08. The molecule has 1 aromatic heterocycles. The largest absolute Gasteiger partial charge is 0.337 e. The maximum atomic E-state index is 12.5. The number of aryl methyl sites for hydroxylation is 2. The van der Waals surface area contributed by atoms with Crippen molar-refractivity contribution in [2.45, 2.75) is 32.2 Å². The van der Waals surface area contributed by atoms with Crippen LogP contribution in [0.15, 0.2) is 41.4 Å². The van der Waals surface area contributed by atoms with E-state index in [4.69, 9.17) is 0 Å². The summed E-state index contributed by atoms with van der Waals surface area (Å²) in [6.45, 7) is 1.66. The van der Waals surface area contributed by atoms with Gasteiger partial charge in [0.1, 0.15) is 0 Å². The molecule has 0 bridgehead atoms. The summed E-state index contributed by atoms with van der Waals surface area (Å²) < 4.78 is 3.04. The molecule has 1 aromatic carbocycles. The average molecular weight is 348 g/mol. The van der Waals surface area contributed by atoms with Gasteiger partial charge in [0.05, 0.1) is 6.33 Å². The summed E-state index contributed by atoms with van der Waals surface area (Å²) >= 11 is 3.50. The molecular weight excluding hydrogens is 330 g/mol. The highest BCUT2D eigenvalue weighted by Gasteiger charge is 2.22.